The van der Waals surface area contributed by atoms with Gasteiger partial charge in [-0.05, 0) is 12.1 Å². The van der Waals surface area contributed by atoms with E-state index in [1.54, 1.807) is 0 Å². The van der Waals surface area contributed by atoms with E-state index in [4.69, 9.17) is 5.73 Å². The number of nitrogens with one attached hydrogen (secondary N) is 1. The Morgan fingerprint density at radius 2 is 1.05 bits per heavy atom. The van der Waals surface area contributed by atoms with Crippen LogP contribution >= 0.6 is 0 Å². The summed E-state index contributed by atoms with van der Waals surface area (Å²) in [7, 11) is 0. The van der Waals surface area contributed by atoms with Crippen LogP contribution in [-0.4, -0.2) is 0 Å². The van der Waals surface area contributed by atoms with Crippen LogP contribution < -0.4 is 11.1 Å². The molecule has 0 atom stereocenters. The fraction of sp³-hybridized carbons (Fsp3) is 0. The number of hydrogen-bond acceptors (Lipinski definition) is 2. The molecule has 0 saturated heterocycles. The predicted molar refractivity (Wildman–Crippen MR) is 60.4 cm³/mol. The second-order valence-electron chi connectivity index (χ2n) is 3.73. The first-order valence-electron chi connectivity index (χ1n) is 5.04. The van der Waals surface area contributed by atoms with E-state index in [2.05, 4.69) is 0 Å². The van der Waals surface area contributed by atoms with Gasteiger partial charge in [-0.3, -0.25) is 0 Å². The summed E-state index contributed by atoms with van der Waals surface area (Å²) in [5, 5.41) is 1.91. The van der Waals surface area contributed by atoms with E-state index in [9.17, 15) is 22.0 Å². The van der Waals surface area contributed by atoms with Gasteiger partial charge in [-0.25, -0.2) is 22.0 Å². The van der Waals surface area contributed by atoms with E-state index in [0.29, 0.717) is 12.1 Å². The Balaban J connectivity index is 2.48. The van der Waals surface area contributed by atoms with Gasteiger partial charge in [0.2, 0.25) is 0 Å². The van der Waals surface area contributed by atoms with E-state index in [0.717, 1.165) is 12.1 Å². The van der Waals surface area contributed by atoms with Crippen LogP contribution in [0, 0.1) is 29.1 Å². The largest absolute Gasteiger partial charge is 0.399 e. The maximum atomic E-state index is 13.4. The summed E-state index contributed by atoms with van der Waals surface area (Å²) in [5.41, 5.74) is 3.38. The minimum Gasteiger partial charge on any atom is -0.399 e. The zero-order valence-electron chi connectivity index (χ0n) is 9.28. The third-order valence-electron chi connectivity index (χ3n) is 2.32. The number of halogens is 5. The van der Waals surface area contributed by atoms with Crippen molar-refractivity contribution in [3.63, 3.8) is 0 Å². The number of nitrogens with two attached hydrogens (primary N) is 1. The summed E-state index contributed by atoms with van der Waals surface area (Å²) in [6.45, 7) is 0. The zero-order valence-corrected chi connectivity index (χ0v) is 9.28. The van der Waals surface area contributed by atoms with Crippen molar-refractivity contribution in [1.82, 2.24) is 0 Å². The van der Waals surface area contributed by atoms with Crippen LogP contribution in [0.4, 0.5) is 39.0 Å². The third kappa shape index (κ3) is 2.59. The molecule has 2 aromatic carbocycles. The fourth-order valence-electron chi connectivity index (χ4n) is 1.50. The molecule has 0 aromatic heterocycles. The summed E-state index contributed by atoms with van der Waals surface area (Å²) in [6, 6.07) is 2.34. The normalized spacial score (nSPS) is 10.6. The molecule has 3 N–H and O–H groups in total. The summed E-state index contributed by atoms with van der Waals surface area (Å²) < 4.78 is 66.2. The molecular formula is C12H7F5N2. The van der Waals surface area contributed by atoms with E-state index >= 15 is 0 Å². The monoisotopic (exact) mass is 274 g/mol. The van der Waals surface area contributed by atoms with Gasteiger partial charge in [0.15, 0.2) is 23.3 Å². The third-order valence-corrected chi connectivity index (χ3v) is 2.32. The standard InChI is InChI=1S/C12H7F5N2/c13-5-1-7(14)11(8(15)2-5)19-12-9(16)3-6(18)4-10(12)17/h1-4,19H,18H2. The average Bonchev–Trinajstić information content (AvgIpc) is 2.25. The summed E-state index contributed by atoms with van der Waals surface area (Å²) in [5.74, 6) is -6.01. The van der Waals surface area contributed by atoms with Gasteiger partial charge < -0.3 is 11.1 Å². The molecule has 0 heterocycles. The summed E-state index contributed by atoms with van der Waals surface area (Å²) in [6.07, 6.45) is 0. The molecule has 0 amide bonds. The molecule has 0 fully saturated rings. The van der Waals surface area contributed by atoms with Crippen molar-refractivity contribution in [2.45, 2.75) is 0 Å². The number of anilines is 3. The van der Waals surface area contributed by atoms with Crippen molar-refractivity contribution < 1.29 is 22.0 Å². The maximum absolute atomic E-state index is 13.4. The van der Waals surface area contributed by atoms with Gasteiger partial charge in [0.05, 0.1) is 0 Å². The van der Waals surface area contributed by atoms with Gasteiger partial charge in [-0.1, -0.05) is 0 Å². The molecule has 2 aromatic rings. The summed E-state index contributed by atoms with van der Waals surface area (Å²) in [4.78, 5) is 0. The lowest BCUT2D eigenvalue weighted by molar-refractivity contribution is 0.547. The zero-order chi connectivity index (χ0) is 14.2. The Labute approximate surface area is 104 Å². The number of nitrogen functional groups attached to an aromatic ring is 1. The molecule has 0 spiro atoms. The van der Waals surface area contributed by atoms with E-state index in [1.807, 2.05) is 5.32 Å². The highest BCUT2D eigenvalue weighted by atomic mass is 19.2. The average molecular weight is 274 g/mol. The van der Waals surface area contributed by atoms with Crippen molar-refractivity contribution in [3.05, 3.63) is 53.4 Å². The van der Waals surface area contributed by atoms with E-state index in [1.165, 1.54) is 0 Å². The topological polar surface area (TPSA) is 38.0 Å². The smallest absolute Gasteiger partial charge is 0.152 e. The van der Waals surface area contributed by atoms with Gasteiger partial charge >= 0.3 is 0 Å². The molecule has 0 saturated carbocycles. The van der Waals surface area contributed by atoms with Crippen LogP contribution in [-0.2, 0) is 0 Å². The highest BCUT2D eigenvalue weighted by Gasteiger charge is 2.16. The molecule has 0 radical (unpaired) electrons. The second kappa shape index (κ2) is 4.75. The lowest BCUT2D eigenvalue weighted by Gasteiger charge is -2.11. The van der Waals surface area contributed by atoms with Crippen LogP contribution in [0.2, 0.25) is 0 Å². The van der Waals surface area contributed by atoms with Gasteiger partial charge in [0.25, 0.3) is 0 Å². The van der Waals surface area contributed by atoms with E-state index < -0.39 is 40.5 Å². The van der Waals surface area contributed by atoms with Crippen LogP contribution in [0.5, 0.6) is 0 Å². The van der Waals surface area contributed by atoms with Crippen LogP contribution in [0.25, 0.3) is 0 Å². The molecule has 2 rings (SSSR count). The Bertz CT molecular complexity index is 541. The fourth-order valence-corrected chi connectivity index (χ4v) is 1.50. The minimum absolute atomic E-state index is 0.180. The lowest BCUT2D eigenvalue weighted by Crippen LogP contribution is -2.03. The van der Waals surface area contributed by atoms with Crippen LogP contribution in [0.15, 0.2) is 24.3 Å². The molecule has 0 bridgehead atoms. The van der Waals surface area contributed by atoms with Crippen molar-refractivity contribution in [3.8, 4) is 0 Å². The Kier molecular flexibility index (Phi) is 3.28. The van der Waals surface area contributed by atoms with Crippen molar-refractivity contribution in [2.24, 2.45) is 0 Å². The van der Waals surface area contributed by atoms with Crippen LogP contribution in [0.3, 0.4) is 0 Å². The van der Waals surface area contributed by atoms with Gasteiger partial charge in [0.1, 0.15) is 17.2 Å². The van der Waals surface area contributed by atoms with Crippen molar-refractivity contribution in [2.75, 3.05) is 11.1 Å². The SMILES string of the molecule is Nc1cc(F)c(Nc2c(F)cc(F)cc2F)c(F)c1. The molecular weight excluding hydrogens is 267 g/mol. The first-order valence-corrected chi connectivity index (χ1v) is 5.04. The molecule has 0 unspecified atom stereocenters. The van der Waals surface area contributed by atoms with Crippen LogP contribution in [0.1, 0.15) is 0 Å². The molecule has 2 nitrogen and oxygen atoms in total. The summed E-state index contributed by atoms with van der Waals surface area (Å²) >= 11 is 0. The lowest BCUT2D eigenvalue weighted by atomic mass is 10.2. The van der Waals surface area contributed by atoms with Gasteiger partial charge in [0, 0.05) is 17.8 Å². The Morgan fingerprint density at radius 3 is 1.47 bits per heavy atom. The quantitative estimate of drug-likeness (QED) is 0.647. The highest BCUT2D eigenvalue weighted by molar-refractivity contribution is 5.64. The Hall–Kier alpha value is -2.31. The van der Waals surface area contributed by atoms with Gasteiger partial charge in [-0.15, -0.1) is 0 Å². The number of hydrogen-bond donors (Lipinski definition) is 2. The second-order valence-corrected chi connectivity index (χ2v) is 3.73. The molecule has 0 aliphatic carbocycles. The first-order chi connectivity index (χ1) is 8.88. The highest BCUT2D eigenvalue weighted by Crippen LogP contribution is 2.29. The van der Waals surface area contributed by atoms with Gasteiger partial charge in [-0.2, -0.15) is 0 Å². The predicted octanol–water partition coefficient (Wildman–Crippen LogP) is 3.71. The number of rotatable bonds is 2. The Morgan fingerprint density at radius 1 is 0.684 bits per heavy atom. The van der Waals surface area contributed by atoms with E-state index in [-0.39, 0.29) is 5.69 Å². The number of benzene rings is 2. The first kappa shape index (κ1) is 13.1. The van der Waals surface area contributed by atoms with Crippen molar-refractivity contribution >= 4 is 17.1 Å². The molecule has 0 aliphatic rings. The molecule has 7 heteroatoms. The maximum Gasteiger partial charge on any atom is 0.152 e. The minimum atomic E-state index is -1.31. The molecule has 19 heavy (non-hydrogen) atoms. The van der Waals surface area contributed by atoms with Crippen molar-refractivity contribution in [1.29, 1.82) is 0 Å². The molecule has 0 aliphatic heterocycles. The molecule has 100 valence electrons.